The molecule has 7 nitrogen and oxygen atoms in total. The highest BCUT2D eigenvalue weighted by molar-refractivity contribution is 7.91. The van der Waals surface area contributed by atoms with Crippen LogP contribution in [-0.2, 0) is 19.4 Å². The fourth-order valence-corrected chi connectivity index (χ4v) is 3.63. The van der Waals surface area contributed by atoms with E-state index in [0.29, 0.717) is 5.75 Å². The van der Waals surface area contributed by atoms with Crippen LogP contribution in [0, 0.1) is 19.7 Å². The average Bonchev–Trinajstić information content (AvgIpc) is 2.65. The number of benzene rings is 2. The first-order valence-corrected chi connectivity index (χ1v) is 10.1. The highest BCUT2D eigenvalue weighted by Crippen LogP contribution is 2.21. The Bertz CT molecular complexity index is 939. The Balaban J connectivity index is 1.77. The van der Waals surface area contributed by atoms with E-state index >= 15 is 0 Å². The molecule has 0 aliphatic heterocycles. The minimum absolute atomic E-state index is 0.0762. The fraction of sp³-hybridized carbons (Fsp3) is 0.263. The lowest BCUT2D eigenvalue weighted by atomic mass is 10.1. The van der Waals surface area contributed by atoms with Crippen molar-refractivity contribution in [3.8, 4) is 5.75 Å². The van der Waals surface area contributed by atoms with Crippen LogP contribution in [0.5, 0.6) is 5.75 Å². The van der Waals surface area contributed by atoms with Gasteiger partial charge >= 0.3 is 0 Å². The van der Waals surface area contributed by atoms with Gasteiger partial charge in [-0.3, -0.25) is 20.4 Å². The number of hydrogen-bond donors (Lipinski definition) is 2. The van der Waals surface area contributed by atoms with Crippen LogP contribution in [0.3, 0.4) is 0 Å². The third kappa shape index (κ3) is 6.05. The highest BCUT2D eigenvalue weighted by Gasteiger charge is 2.17. The van der Waals surface area contributed by atoms with Crippen molar-refractivity contribution in [3.63, 3.8) is 0 Å². The molecule has 0 aliphatic rings. The summed E-state index contributed by atoms with van der Waals surface area (Å²) in [5.74, 6) is -1.69. The molecule has 0 atom stereocenters. The molecule has 2 N–H and O–H groups in total. The predicted molar refractivity (Wildman–Crippen MR) is 101 cm³/mol. The van der Waals surface area contributed by atoms with E-state index in [0.717, 1.165) is 35.4 Å². The van der Waals surface area contributed by atoms with Crippen LogP contribution in [0.2, 0.25) is 0 Å². The standard InChI is InChI=1S/C19H21FN2O5S/c1-13-4-3-5-14(2)19(13)27-12-18(24)22-21-17(23)10-11-28(25,26)16-8-6-15(20)7-9-16/h3-9H,10-12H2,1-2H3,(H,21,23)(H,22,24). The van der Waals surface area contributed by atoms with Crippen molar-refractivity contribution in [2.45, 2.75) is 25.2 Å². The largest absolute Gasteiger partial charge is 0.483 e. The van der Waals surface area contributed by atoms with Gasteiger partial charge < -0.3 is 4.74 Å². The maximum Gasteiger partial charge on any atom is 0.276 e. The summed E-state index contributed by atoms with van der Waals surface area (Å²) >= 11 is 0. The van der Waals surface area contributed by atoms with Gasteiger partial charge in [0.15, 0.2) is 16.4 Å². The van der Waals surface area contributed by atoms with Crippen molar-refractivity contribution in [3.05, 3.63) is 59.4 Å². The molecule has 0 unspecified atom stereocenters. The van der Waals surface area contributed by atoms with Gasteiger partial charge in [0.05, 0.1) is 10.6 Å². The second-order valence-corrected chi connectivity index (χ2v) is 8.24. The zero-order chi connectivity index (χ0) is 20.7. The first-order valence-electron chi connectivity index (χ1n) is 8.44. The Morgan fingerprint density at radius 2 is 1.54 bits per heavy atom. The summed E-state index contributed by atoms with van der Waals surface area (Å²) in [6, 6.07) is 9.90. The number of halogens is 1. The van der Waals surface area contributed by atoms with Crippen LogP contribution in [0.15, 0.2) is 47.4 Å². The zero-order valence-corrected chi connectivity index (χ0v) is 16.3. The molecule has 2 rings (SSSR count). The molecule has 2 aromatic carbocycles. The first kappa shape index (κ1) is 21.4. The monoisotopic (exact) mass is 408 g/mol. The summed E-state index contributed by atoms with van der Waals surface area (Å²) in [4.78, 5) is 23.5. The number of carbonyl (C=O) groups is 2. The molecule has 0 heterocycles. The first-order chi connectivity index (χ1) is 13.2. The van der Waals surface area contributed by atoms with Crippen LogP contribution < -0.4 is 15.6 Å². The Labute approximate surface area is 162 Å². The number of ether oxygens (including phenoxy) is 1. The van der Waals surface area contributed by atoms with Gasteiger partial charge in [0.25, 0.3) is 5.91 Å². The molecule has 2 amide bonds. The Morgan fingerprint density at radius 3 is 2.14 bits per heavy atom. The van der Waals surface area contributed by atoms with Crippen LogP contribution in [0.25, 0.3) is 0 Å². The van der Waals surface area contributed by atoms with Crippen molar-refractivity contribution in [2.24, 2.45) is 0 Å². The summed E-state index contributed by atoms with van der Waals surface area (Å²) in [7, 11) is -3.73. The number of hydrogen-bond acceptors (Lipinski definition) is 5. The molecule has 0 aromatic heterocycles. The molecular weight excluding hydrogens is 387 g/mol. The summed E-state index contributed by atoms with van der Waals surface area (Å²) in [6.45, 7) is 3.40. The lowest BCUT2D eigenvalue weighted by molar-refractivity contribution is -0.129. The number of rotatable bonds is 7. The van der Waals surface area contributed by atoms with Gasteiger partial charge in [-0.1, -0.05) is 18.2 Å². The summed E-state index contributed by atoms with van der Waals surface area (Å²) < 4.78 is 42.5. The lowest BCUT2D eigenvalue weighted by Gasteiger charge is -2.12. The number of hydrazine groups is 1. The molecule has 9 heteroatoms. The van der Waals surface area contributed by atoms with Gasteiger partial charge in [-0.25, -0.2) is 12.8 Å². The molecule has 0 aliphatic carbocycles. The number of sulfone groups is 1. The average molecular weight is 408 g/mol. The van der Waals surface area contributed by atoms with Gasteiger partial charge in [0.1, 0.15) is 11.6 Å². The van der Waals surface area contributed by atoms with Gasteiger partial charge in [0.2, 0.25) is 5.91 Å². The number of para-hydroxylation sites is 1. The minimum atomic E-state index is -3.73. The van der Waals surface area contributed by atoms with Crippen molar-refractivity contribution in [2.75, 3.05) is 12.4 Å². The Kier molecular flexibility index (Phi) is 7.11. The molecule has 2 aromatic rings. The maximum atomic E-state index is 12.9. The van der Waals surface area contributed by atoms with Crippen LogP contribution in [0.1, 0.15) is 17.5 Å². The van der Waals surface area contributed by atoms with E-state index in [-0.39, 0.29) is 17.9 Å². The number of aryl methyl sites for hydroxylation is 2. The van der Waals surface area contributed by atoms with Gasteiger partial charge in [-0.15, -0.1) is 0 Å². The summed E-state index contributed by atoms with van der Waals surface area (Å²) in [5.41, 5.74) is 6.06. The fourth-order valence-electron chi connectivity index (χ4n) is 2.39. The number of carbonyl (C=O) groups excluding carboxylic acids is 2. The quantitative estimate of drug-likeness (QED) is 0.538. The maximum absolute atomic E-state index is 12.9. The van der Waals surface area contributed by atoms with E-state index in [1.54, 1.807) is 0 Å². The van der Waals surface area contributed by atoms with Crippen molar-refractivity contribution >= 4 is 21.7 Å². The van der Waals surface area contributed by atoms with Crippen molar-refractivity contribution < 1.29 is 27.1 Å². The number of nitrogens with one attached hydrogen (secondary N) is 2. The second-order valence-electron chi connectivity index (χ2n) is 6.13. The molecule has 150 valence electrons. The van der Waals surface area contributed by atoms with Crippen molar-refractivity contribution in [1.82, 2.24) is 10.9 Å². The van der Waals surface area contributed by atoms with E-state index in [1.807, 2.05) is 32.0 Å². The van der Waals surface area contributed by atoms with E-state index in [9.17, 15) is 22.4 Å². The molecule has 0 fully saturated rings. The van der Waals surface area contributed by atoms with E-state index in [1.165, 1.54) is 0 Å². The molecule has 28 heavy (non-hydrogen) atoms. The normalized spacial score (nSPS) is 11.0. The molecular formula is C19H21FN2O5S. The van der Waals surface area contributed by atoms with Crippen LogP contribution in [-0.4, -0.2) is 32.6 Å². The predicted octanol–water partition coefficient (Wildman–Crippen LogP) is 1.83. The van der Waals surface area contributed by atoms with Crippen molar-refractivity contribution in [1.29, 1.82) is 0 Å². The van der Waals surface area contributed by atoms with Crippen LogP contribution in [0.4, 0.5) is 4.39 Å². The number of amides is 2. The van der Waals surface area contributed by atoms with Gasteiger partial charge in [-0.05, 0) is 49.2 Å². The topological polar surface area (TPSA) is 102 Å². The Hall–Kier alpha value is -2.94. The van der Waals surface area contributed by atoms with E-state index < -0.39 is 33.2 Å². The Morgan fingerprint density at radius 1 is 0.964 bits per heavy atom. The third-order valence-electron chi connectivity index (χ3n) is 3.87. The van der Waals surface area contributed by atoms with Gasteiger partial charge in [0, 0.05) is 6.42 Å². The zero-order valence-electron chi connectivity index (χ0n) is 15.5. The molecule has 0 bridgehead atoms. The molecule has 0 saturated heterocycles. The van der Waals surface area contributed by atoms with E-state index in [4.69, 9.17) is 4.74 Å². The SMILES string of the molecule is Cc1cccc(C)c1OCC(=O)NNC(=O)CCS(=O)(=O)c1ccc(F)cc1. The smallest absolute Gasteiger partial charge is 0.276 e. The molecule has 0 radical (unpaired) electrons. The van der Waals surface area contributed by atoms with Crippen LogP contribution >= 0.6 is 0 Å². The summed E-state index contributed by atoms with van der Waals surface area (Å²) in [6.07, 6.45) is -0.363. The lowest BCUT2D eigenvalue weighted by Crippen LogP contribution is -2.44. The highest BCUT2D eigenvalue weighted by atomic mass is 32.2. The minimum Gasteiger partial charge on any atom is -0.483 e. The summed E-state index contributed by atoms with van der Waals surface area (Å²) in [5, 5.41) is 0. The molecule has 0 saturated carbocycles. The third-order valence-corrected chi connectivity index (χ3v) is 5.60. The molecule has 0 spiro atoms. The van der Waals surface area contributed by atoms with Gasteiger partial charge in [-0.2, -0.15) is 0 Å². The second kappa shape index (κ2) is 9.32. The van der Waals surface area contributed by atoms with E-state index in [2.05, 4.69) is 10.9 Å².